The first kappa shape index (κ1) is 18.1. The molecule has 2 unspecified atom stereocenters. The largest absolute Gasteiger partial charge is 0.465 e. The molecular weight excluding hydrogens is 278 g/mol. The smallest absolute Gasteiger partial charge is 0.405 e. The highest BCUT2D eigenvalue weighted by atomic mass is 32.2. The number of aliphatic hydroxyl groups is 3. The van der Waals surface area contributed by atoms with Crippen molar-refractivity contribution in [2.24, 2.45) is 0 Å². The van der Waals surface area contributed by atoms with Crippen LogP contribution in [0.3, 0.4) is 0 Å². The minimum absolute atomic E-state index is 0.0313. The monoisotopic (exact) mass is 299 g/mol. The molecule has 0 heterocycles. The van der Waals surface area contributed by atoms with Gasteiger partial charge in [-0.2, -0.15) is 0 Å². The third-order valence-corrected chi connectivity index (χ3v) is 4.21. The molecule has 0 saturated carbocycles. The molecule has 9 heteroatoms. The van der Waals surface area contributed by atoms with E-state index in [1.807, 2.05) is 0 Å². The summed E-state index contributed by atoms with van der Waals surface area (Å²) >= 11 is 0. The van der Waals surface area contributed by atoms with Crippen LogP contribution < -0.4 is 5.32 Å². The number of rotatable bonds is 8. The van der Waals surface area contributed by atoms with E-state index < -0.39 is 46.0 Å². The Kier molecular flexibility index (Phi) is 6.70. The molecule has 5 N–H and O–H groups in total. The van der Waals surface area contributed by atoms with Crippen LogP contribution >= 0.6 is 0 Å². The van der Waals surface area contributed by atoms with Gasteiger partial charge in [0.05, 0.1) is 24.2 Å². The Morgan fingerprint density at radius 3 is 2.21 bits per heavy atom. The lowest BCUT2D eigenvalue weighted by molar-refractivity contribution is -0.00266. The molecule has 1 amide bonds. The average Bonchev–Trinajstić information content (AvgIpc) is 2.23. The van der Waals surface area contributed by atoms with Crippen molar-refractivity contribution in [1.29, 1.82) is 0 Å². The van der Waals surface area contributed by atoms with Crippen molar-refractivity contribution in [2.45, 2.75) is 38.0 Å². The minimum Gasteiger partial charge on any atom is -0.465 e. The molecule has 19 heavy (non-hydrogen) atoms. The molecule has 2 atom stereocenters. The molecular formula is C10H21NO7S. The van der Waals surface area contributed by atoms with Gasteiger partial charge in [-0.05, 0) is 20.3 Å². The van der Waals surface area contributed by atoms with Gasteiger partial charge in [0.25, 0.3) is 0 Å². The van der Waals surface area contributed by atoms with Crippen LogP contribution in [-0.4, -0.2) is 70.8 Å². The molecule has 0 aliphatic carbocycles. The summed E-state index contributed by atoms with van der Waals surface area (Å²) in [6.07, 6.45) is -4.30. The SMILES string of the molecule is CC(C)(CCS(=O)(=O)CC(O)C(O)CO)NC(=O)O. The second-order valence-corrected chi connectivity index (χ2v) is 7.22. The van der Waals surface area contributed by atoms with E-state index in [9.17, 15) is 18.3 Å². The van der Waals surface area contributed by atoms with Crippen LogP contribution in [0.25, 0.3) is 0 Å². The van der Waals surface area contributed by atoms with Gasteiger partial charge in [0.1, 0.15) is 6.10 Å². The molecule has 8 nitrogen and oxygen atoms in total. The van der Waals surface area contributed by atoms with Crippen LogP contribution in [-0.2, 0) is 9.84 Å². The van der Waals surface area contributed by atoms with Gasteiger partial charge >= 0.3 is 6.09 Å². The lowest BCUT2D eigenvalue weighted by Crippen LogP contribution is -2.44. The van der Waals surface area contributed by atoms with Crippen LogP contribution in [0, 0.1) is 0 Å². The predicted octanol–water partition coefficient (Wildman–Crippen LogP) is -1.45. The van der Waals surface area contributed by atoms with Crippen molar-refractivity contribution < 1.29 is 33.6 Å². The zero-order valence-corrected chi connectivity index (χ0v) is 11.7. The fourth-order valence-electron chi connectivity index (χ4n) is 1.34. The third-order valence-electron chi connectivity index (χ3n) is 2.54. The van der Waals surface area contributed by atoms with Gasteiger partial charge < -0.3 is 25.7 Å². The van der Waals surface area contributed by atoms with Gasteiger partial charge in [0.2, 0.25) is 0 Å². The van der Waals surface area contributed by atoms with E-state index in [2.05, 4.69) is 5.32 Å². The highest BCUT2D eigenvalue weighted by molar-refractivity contribution is 7.91. The summed E-state index contributed by atoms with van der Waals surface area (Å²) in [6.45, 7) is 2.34. The highest BCUT2D eigenvalue weighted by Gasteiger charge is 2.27. The fourth-order valence-corrected chi connectivity index (χ4v) is 3.07. The summed E-state index contributed by atoms with van der Waals surface area (Å²) < 4.78 is 23.3. The zero-order chi connectivity index (χ0) is 15.3. The molecule has 0 bridgehead atoms. The van der Waals surface area contributed by atoms with E-state index >= 15 is 0 Å². The Bertz CT molecular complexity index is 393. The molecule has 0 fully saturated rings. The Morgan fingerprint density at radius 1 is 1.26 bits per heavy atom. The first-order valence-corrected chi connectivity index (χ1v) is 7.50. The first-order valence-electron chi connectivity index (χ1n) is 5.67. The van der Waals surface area contributed by atoms with Gasteiger partial charge in [0.15, 0.2) is 9.84 Å². The molecule has 114 valence electrons. The van der Waals surface area contributed by atoms with Gasteiger partial charge in [-0.3, -0.25) is 0 Å². The number of hydrogen-bond acceptors (Lipinski definition) is 6. The lowest BCUT2D eigenvalue weighted by atomic mass is 10.0. The second kappa shape index (κ2) is 7.04. The maximum atomic E-state index is 11.7. The van der Waals surface area contributed by atoms with E-state index in [-0.39, 0.29) is 12.2 Å². The summed E-state index contributed by atoms with van der Waals surface area (Å²) in [4.78, 5) is 10.5. The molecule has 0 aromatic carbocycles. The molecule has 0 rings (SSSR count). The van der Waals surface area contributed by atoms with Crippen molar-refractivity contribution in [2.75, 3.05) is 18.1 Å². The maximum Gasteiger partial charge on any atom is 0.405 e. The van der Waals surface area contributed by atoms with Crippen molar-refractivity contribution in [1.82, 2.24) is 5.32 Å². The maximum absolute atomic E-state index is 11.7. The number of carbonyl (C=O) groups is 1. The summed E-state index contributed by atoms with van der Waals surface area (Å²) in [5.74, 6) is -1.02. The van der Waals surface area contributed by atoms with Gasteiger partial charge in [-0.15, -0.1) is 0 Å². The number of sulfone groups is 1. The second-order valence-electron chi connectivity index (χ2n) is 5.00. The van der Waals surface area contributed by atoms with Crippen molar-refractivity contribution in [3.63, 3.8) is 0 Å². The standard InChI is InChI=1S/C10H21NO7S/c1-10(2,11-9(15)16)3-4-19(17,18)6-8(14)7(13)5-12/h7-8,11-14H,3-6H2,1-2H3,(H,15,16). The Balaban J connectivity index is 4.43. The highest BCUT2D eigenvalue weighted by Crippen LogP contribution is 2.11. The van der Waals surface area contributed by atoms with Crippen molar-refractivity contribution in [3.05, 3.63) is 0 Å². The van der Waals surface area contributed by atoms with Gasteiger partial charge in [-0.25, -0.2) is 13.2 Å². The number of carboxylic acid groups (broad SMARTS) is 1. The van der Waals surface area contributed by atoms with Crippen LogP contribution in [0.5, 0.6) is 0 Å². The number of nitrogens with one attached hydrogen (secondary N) is 1. The van der Waals surface area contributed by atoms with Gasteiger partial charge in [0, 0.05) is 5.54 Å². The average molecular weight is 299 g/mol. The van der Waals surface area contributed by atoms with E-state index in [0.29, 0.717) is 0 Å². The molecule has 0 radical (unpaired) electrons. The third kappa shape index (κ3) is 7.98. The van der Waals surface area contributed by atoms with Crippen LogP contribution in [0.4, 0.5) is 4.79 Å². The summed E-state index contributed by atoms with van der Waals surface area (Å²) in [7, 11) is -3.66. The Hall–Kier alpha value is -0.900. The number of amides is 1. The Morgan fingerprint density at radius 2 is 1.79 bits per heavy atom. The molecule has 0 aliphatic rings. The van der Waals surface area contributed by atoms with E-state index in [0.717, 1.165) is 0 Å². The molecule has 0 spiro atoms. The van der Waals surface area contributed by atoms with Crippen LogP contribution in [0.1, 0.15) is 20.3 Å². The summed E-state index contributed by atoms with van der Waals surface area (Å²) in [6, 6.07) is 0. The first-order chi connectivity index (χ1) is 8.49. The normalized spacial score (nSPS) is 15.8. The Labute approximate surface area is 112 Å². The summed E-state index contributed by atoms with van der Waals surface area (Å²) in [5.41, 5.74) is -0.917. The quantitative estimate of drug-likeness (QED) is 0.369. The molecule has 0 saturated heterocycles. The van der Waals surface area contributed by atoms with E-state index in [1.54, 1.807) is 0 Å². The van der Waals surface area contributed by atoms with Crippen LogP contribution in [0.2, 0.25) is 0 Å². The van der Waals surface area contributed by atoms with Crippen molar-refractivity contribution in [3.8, 4) is 0 Å². The van der Waals surface area contributed by atoms with Gasteiger partial charge in [-0.1, -0.05) is 0 Å². The topological polar surface area (TPSA) is 144 Å². The van der Waals surface area contributed by atoms with E-state index in [1.165, 1.54) is 13.8 Å². The van der Waals surface area contributed by atoms with E-state index in [4.69, 9.17) is 15.3 Å². The van der Waals surface area contributed by atoms with Crippen LogP contribution in [0.15, 0.2) is 0 Å². The number of aliphatic hydroxyl groups excluding tert-OH is 3. The fraction of sp³-hybridized carbons (Fsp3) is 0.900. The van der Waals surface area contributed by atoms with Crippen molar-refractivity contribution >= 4 is 15.9 Å². The summed E-state index contributed by atoms with van der Waals surface area (Å²) in [5, 5.41) is 37.7. The lowest BCUT2D eigenvalue weighted by Gasteiger charge is -2.24. The molecule has 0 aromatic rings. The predicted molar refractivity (Wildman–Crippen MR) is 67.6 cm³/mol. The minimum atomic E-state index is -3.66. The molecule has 0 aliphatic heterocycles. The molecule has 0 aromatic heterocycles. The zero-order valence-electron chi connectivity index (χ0n) is 10.9. The number of hydrogen-bond donors (Lipinski definition) is 5.